The summed E-state index contributed by atoms with van der Waals surface area (Å²) in [5.74, 6) is 0.710. The van der Waals surface area contributed by atoms with E-state index in [1.54, 1.807) is 4.31 Å². The van der Waals surface area contributed by atoms with Crippen molar-refractivity contribution in [2.24, 2.45) is 11.8 Å². The van der Waals surface area contributed by atoms with Crippen molar-refractivity contribution in [2.75, 3.05) is 32.4 Å². The van der Waals surface area contributed by atoms with Crippen LogP contribution in [0.1, 0.15) is 33.1 Å². The van der Waals surface area contributed by atoms with E-state index in [1.807, 2.05) is 0 Å². The number of nitrogens with zero attached hydrogens (tertiary/aromatic N) is 2. The van der Waals surface area contributed by atoms with Gasteiger partial charge in [-0.05, 0) is 31.1 Å². The zero-order valence-corrected chi connectivity index (χ0v) is 15.2. The van der Waals surface area contributed by atoms with Gasteiger partial charge in [-0.15, -0.1) is 0 Å². The van der Waals surface area contributed by atoms with Crippen molar-refractivity contribution >= 4 is 20.2 Å². The zero-order chi connectivity index (χ0) is 16.5. The fourth-order valence-electron chi connectivity index (χ4n) is 3.51. The van der Waals surface area contributed by atoms with Gasteiger partial charge in [0.15, 0.2) is 0 Å². The molecule has 9 heteroatoms. The minimum atomic E-state index is -3.51. The van der Waals surface area contributed by atoms with Gasteiger partial charge in [-0.1, -0.05) is 13.8 Å². The number of rotatable bonds is 4. The second-order valence-electron chi connectivity index (χ2n) is 6.86. The summed E-state index contributed by atoms with van der Waals surface area (Å²) in [4.78, 5) is 0. The van der Waals surface area contributed by atoms with Crippen molar-refractivity contribution in [1.29, 1.82) is 0 Å². The van der Waals surface area contributed by atoms with Gasteiger partial charge in [-0.3, -0.25) is 0 Å². The maximum absolute atomic E-state index is 12.8. The maximum atomic E-state index is 12.8. The Kier molecular flexibility index (Phi) is 5.54. The third-order valence-electron chi connectivity index (χ3n) is 4.25. The van der Waals surface area contributed by atoms with E-state index in [-0.39, 0.29) is 12.6 Å². The average Bonchev–Trinajstić information content (AvgIpc) is 2.35. The molecule has 0 aromatic rings. The van der Waals surface area contributed by atoms with E-state index < -0.39 is 20.2 Å². The molecular weight excluding hydrogens is 326 g/mol. The van der Waals surface area contributed by atoms with Crippen molar-refractivity contribution in [3.05, 3.63) is 0 Å². The fraction of sp³-hybridized carbons (Fsp3) is 1.00. The number of hydrogen-bond acceptors (Lipinski definition) is 4. The predicted molar refractivity (Wildman–Crippen MR) is 86.0 cm³/mol. The van der Waals surface area contributed by atoms with Crippen LogP contribution in [0.2, 0.25) is 0 Å². The molecule has 0 amide bonds. The lowest BCUT2D eigenvalue weighted by atomic mass is 9.94. The lowest BCUT2D eigenvalue weighted by Crippen LogP contribution is -2.55. The van der Waals surface area contributed by atoms with E-state index >= 15 is 0 Å². The Balaban J connectivity index is 2.08. The van der Waals surface area contributed by atoms with Gasteiger partial charge in [0.05, 0.1) is 6.26 Å². The van der Waals surface area contributed by atoms with Crippen LogP contribution in [0.15, 0.2) is 0 Å². The molecule has 2 aliphatic rings. The number of nitrogens with one attached hydrogen (secondary N) is 1. The van der Waals surface area contributed by atoms with Crippen LogP contribution in [0.5, 0.6) is 0 Å². The standard InChI is InChI=1S/C13H27N3O4S2/c1-11-7-12(2)9-16(8-11)22(19,20)15-6-4-5-13(10-15)14-21(3,17)18/h11-14H,4-10H2,1-3H3. The van der Waals surface area contributed by atoms with E-state index in [0.717, 1.165) is 12.7 Å². The molecule has 0 aromatic carbocycles. The first-order valence-electron chi connectivity index (χ1n) is 7.80. The summed E-state index contributed by atoms with van der Waals surface area (Å²) in [6.45, 7) is 5.92. The summed E-state index contributed by atoms with van der Waals surface area (Å²) in [6.07, 6.45) is 3.50. The molecule has 22 heavy (non-hydrogen) atoms. The first kappa shape index (κ1) is 18.1. The number of sulfonamides is 1. The third kappa shape index (κ3) is 4.64. The molecule has 3 atom stereocenters. The Labute approximate surface area is 134 Å². The van der Waals surface area contributed by atoms with Gasteiger partial charge >= 0.3 is 0 Å². The summed E-state index contributed by atoms with van der Waals surface area (Å²) in [6, 6.07) is -0.335. The van der Waals surface area contributed by atoms with Crippen molar-refractivity contribution in [3.8, 4) is 0 Å². The molecule has 0 spiro atoms. The summed E-state index contributed by atoms with van der Waals surface area (Å²) in [5, 5.41) is 0. The van der Waals surface area contributed by atoms with Crippen LogP contribution in [-0.2, 0) is 20.2 Å². The third-order valence-corrected chi connectivity index (χ3v) is 6.95. The van der Waals surface area contributed by atoms with Crippen LogP contribution in [-0.4, -0.2) is 63.9 Å². The molecule has 2 rings (SSSR count). The Morgan fingerprint density at radius 1 is 0.955 bits per heavy atom. The highest BCUT2D eigenvalue weighted by Gasteiger charge is 2.37. The molecule has 7 nitrogen and oxygen atoms in total. The van der Waals surface area contributed by atoms with Crippen molar-refractivity contribution in [1.82, 2.24) is 13.3 Å². The topological polar surface area (TPSA) is 86.8 Å². The molecular formula is C13H27N3O4S2. The Morgan fingerprint density at radius 3 is 2.09 bits per heavy atom. The van der Waals surface area contributed by atoms with E-state index in [1.165, 1.54) is 4.31 Å². The molecule has 1 N–H and O–H groups in total. The number of piperidine rings is 2. The molecule has 2 aliphatic heterocycles. The lowest BCUT2D eigenvalue weighted by Gasteiger charge is -2.39. The SMILES string of the molecule is CC1CC(C)CN(S(=O)(=O)N2CCCC(NS(C)(=O)=O)C2)C1. The van der Waals surface area contributed by atoms with Crippen LogP contribution in [0.25, 0.3) is 0 Å². The van der Waals surface area contributed by atoms with Crippen molar-refractivity contribution in [2.45, 2.75) is 39.2 Å². The second kappa shape index (κ2) is 6.72. The minimum Gasteiger partial charge on any atom is -0.213 e. The Morgan fingerprint density at radius 2 is 1.55 bits per heavy atom. The summed E-state index contributed by atoms with van der Waals surface area (Å²) < 4.78 is 53.9. The van der Waals surface area contributed by atoms with Gasteiger partial charge in [0.1, 0.15) is 0 Å². The molecule has 2 heterocycles. The van der Waals surface area contributed by atoms with Crippen LogP contribution >= 0.6 is 0 Å². The van der Waals surface area contributed by atoms with Crippen molar-refractivity contribution < 1.29 is 16.8 Å². The molecule has 3 unspecified atom stereocenters. The van der Waals surface area contributed by atoms with Gasteiger partial charge in [0.2, 0.25) is 10.0 Å². The van der Waals surface area contributed by atoms with Crippen molar-refractivity contribution in [3.63, 3.8) is 0 Å². The van der Waals surface area contributed by atoms with E-state index in [0.29, 0.717) is 44.3 Å². The molecule has 0 bridgehead atoms. The quantitative estimate of drug-likeness (QED) is 0.783. The predicted octanol–water partition coefficient (Wildman–Crippen LogP) is 0.223. The van der Waals surface area contributed by atoms with Gasteiger partial charge < -0.3 is 0 Å². The smallest absolute Gasteiger partial charge is 0.213 e. The van der Waals surface area contributed by atoms with E-state index in [2.05, 4.69) is 18.6 Å². The highest BCUT2D eigenvalue weighted by atomic mass is 32.2. The highest BCUT2D eigenvalue weighted by Crippen LogP contribution is 2.26. The summed E-state index contributed by atoms with van der Waals surface area (Å²) >= 11 is 0. The first-order valence-corrected chi connectivity index (χ1v) is 11.1. The maximum Gasteiger partial charge on any atom is 0.282 e. The molecule has 0 radical (unpaired) electrons. The van der Waals surface area contributed by atoms with Crippen LogP contribution in [0.4, 0.5) is 0 Å². The molecule has 0 aromatic heterocycles. The monoisotopic (exact) mass is 353 g/mol. The lowest BCUT2D eigenvalue weighted by molar-refractivity contribution is 0.200. The summed E-state index contributed by atoms with van der Waals surface area (Å²) in [7, 11) is -6.83. The molecule has 2 fully saturated rings. The molecule has 130 valence electrons. The van der Waals surface area contributed by atoms with Crippen LogP contribution < -0.4 is 4.72 Å². The van der Waals surface area contributed by atoms with E-state index in [9.17, 15) is 16.8 Å². The fourth-order valence-corrected chi connectivity index (χ4v) is 6.25. The van der Waals surface area contributed by atoms with Crippen LogP contribution in [0, 0.1) is 11.8 Å². The highest BCUT2D eigenvalue weighted by molar-refractivity contribution is 7.88. The second-order valence-corrected chi connectivity index (χ2v) is 10.6. The van der Waals surface area contributed by atoms with E-state index in [4.69, 9.17) is 0 Å². The van der Waals surface area contributed by atoms with Gasteiger partial charge in [-0.25, -0.2) is 13.1 Å². The molecule has 2 saturated heterocycles. The van der Waals surface area contributed by atoms with Gasteiger partial charge in [0, 0.05) is 32.2 Å². The normalized spacial score (nSPS) is 33.0. The average molecular weight is 354 g/mol. The summed E-state index contributed by atoms with van der Waals surface area (Å²) in [5.41, 5.74) is 0. The Bertz CT molecular complexity index is 580. The zero-order valence-electron chi connectivity index (χ0n) is 13.5. The molecule has 0 aliphatic carbocycles. The van der Waals surface area contributed by atoms with Gasteiger partial charge in [-0.2, -0.15) is 17.0 Å². The largest absolute Gasteiger partial charge is 0.282 e. The minimum absolute atomic E-state index is 0.217. The van der Waals surface area contributed by atoms with Gasteiger partial charge in [0.25, 0.3) is 10.2 Å². The first-order chi connectivity index (χ1) is 10.1. The molecule has 0 saturated carbocycles. The number of hydrogen-bond donors (Lipinski definition) is 1. The van der Waals surface area contributed by atoms with Crippen LogP contribution in [0.3, 0.4) is 0 Å². The Hall–Kier alpha value is -0.220.